The van der Waals surface area contributed by atoms with Crippen LogP contribution in [0.5, 0.6) is 0 Å². The van der Waals surface area contributed by atoms with Gasteiger partial charge in [-0.25, -0.2) is 0 Å². The number of carbonyl (C=O) groups excluding carboxylic acids is 1. The molecule has 4 nitrogen and oxygen atoms in total. The molecule has 0 spiro atoms. The molecule has 0 unspecified atom stereocenters. The van der Waals surface area contributed by atoms with Gasteiger partial charge in [-0.05, 0) is 43.0 Å². The zero-order chi connectivity index (χ0) is 13.3. The van der Waals surface area contributed by atoms with Gasteiger partial charge in [0.05, 0.1) is 5.60 Å². The summed E-state index contributed by atoms with van der Waals surface area (Å²) >= 11 is 0. The third-order valence-corrected chi connectivity index (χ3v) is 4.19. The molecule has 0 atom stereocenters. The van der Waals surface area contributed by atoms with Crippen LogP contribution in [0.3, 0.4) is 0 Å². The SMILES string of the molecule is O=C(NCC1(O)CCCC1)c1ccc2c(c1)CCN2. The second-order valence-electron chi connectivity index (χ2n) is 5.66. The Morgan fingerprint density at radius 3 is 2.95 bits per heavy atom. The van der Waals surface area contributed by atoms with Crippen molar-refractivity contribution in [3.05, 3.63) is 29.3 Å². The Bertz CT molecular complexity index is 493. The second-order valence-corrected chi connectivity index (χ2v) is 5.66. The Hall–Kier alpha value is -1.55. The molecule has 19 heavy (non-hydrogen) atoms. The van der Waals surface area contributed by atoms with Crippen molar-refractivity contribution in [2.24, 2.45) is 0 Å². The molecule has 1 amide bonds. The monoisotopic (exact) mass is 260 g/mol. The van der Waals surface area contributed by atoms with Gasteiger partial charge in [0, 0.05) is 24.3 Å². The number of benzene rings is 1. The van der Waals surface area contributed by atoms with Gasteiger partial charge in [0.2, 0.25) is 0 Å². The predicted octanol–water partition coefficient (Wildman–Crippen LogP) is 1.69. The summed E-state index contributed by atoms with van der Waals surface area (Å²) in [6, 6.07) is 5.75. The summed E-state index contributed by atoms with van der Waals surface area (Å²) in [6.45, 7) is 1.31. The molecule has 1 fully saturated rings. The Morgan fingerprint density at radius 2 is 2.16 bits per heavy atom. The van der Waals surface area contributed by atoms with Crippen molar-refractivity contribution in [3.8, 4) is 0 Å². The first-order chi connectivity index (χ1) is 9.16. The molecule has 1 aliphatic carbocycles. The molecule has 0 aromatic heterocycles. The Morgan fingerprint density at radius 1 is 1.37 bits per heavy atom. The molecule has 1 heterocycles. The van der Waals surface area contributed by atoms with Crippen LogP contribution < -0.4 is 10.6 Å². The lowest BCUT2D eigenvalue weighted by atomic mass is 10.0. The van der Waals surface area contributed by atoms with Crippen molar-refractivity contribution in [2.75, 3.05) is 18.4 Å². The van der Waals surface area contributed by atoms with Crippen molar-refractivity contribution in [2.45, 2.75) is 37.7 Å². The fraction of sp³-hybridized carbons (Fsp3) is 0.533. The molecule has 0 saturated heterocycles. The topological polar surface area (TPSA) is 61.4 Å². The minimum Gasteiger partial charge on any atom is -0.388 e. The maximum Gasteiger partial charge on any atom is 0.251 e. The molecular formula is C15H20N2O2. The first kappa shape index (κ1) is 12.5. The fourth-order valence-corrected chi connectivity index (χ4v) is 3.00. The third-order valence-electron chi connectivity index (χ3n) is 4.19. The molecule has 0 bridgehead atoms. The average molecular weight is 260 g/mol. The van der Waals surface area contributed by atoms with E-state index in [-0.39, 0.29) is 5.91 Å². The number of aliphatic hydroxyl groups is 1. The number of amides is 1. The van der Waals surface area contributed by atoms with Crippen molar-refractivity contribution >= 4 is 11.6 Å². The van der Waals surface area contributed by atoms with Crippen molar-refractivity contribution in [1.82, 2.24) is 5.32 Å². The summed E-state index contributed by atoms with van der Waals surface area (Å²) in [7, 11) is 0. The van der Waals surface area contributed by atoms with Crippen LogP contribution in [0.4, 0.5) is 5.69 Å². The Balaban J connectivity index is 1.64. The van der Waals surface area contributed by atoms with Crippen molar-refractivity contribution in [3.63, 3.8) is 0 Å². The number of rotatable bonds is 3. The first-order valence-electron chi connectivity index (χ1n) is 7.04. The van der Waals surface area contributed by atoms with E-state index in [0.29, 0.717) is 12.1 Å². The second kappa shape index (κ2) is 4.85. The van der Waals surface area contributed by atoms with Crippen LogP contribution >= 0.6 is 0 Å². The maximum atomic E-state index is 12.1. The van der Waals surface area contributed by atoms with E-state index in [0.717, 1.165) is 44.3 Å². The van der Waals surface area contributed by atoms with Gasteiger partial charge in [-0.1, -0.05) is 12.8 Å². The predicted molar refractivity (Wildman–Crippen MR) is 74.4 cm³/mol. The lowest BCUT2D eigenvalue weighted by Crippen LogP contribution is -2.40. The van der Waals surface area contributed by atoms with E-state index in [1.54, 1.807) is 0 Å². The molecule has 3 rings (SSSR count). The van der Waals surface area contributed by atoms with Gasteiger partial charge >= 0.3 is 0 Å². The summed E-state index contributed by atoms with van der Waals surface area (Å²) < 4.78 is 0. The number of fused-ring (bicyclic) bond motifs is 1. The van der Waals surface area contributed by atoms with Crippen LogP contribution in [0.2, 0.25) is 0 Å². The summed E-state index contributed by atoms with van der Waals surface area (Å²) in [4.78, 5) is 12.1. The Kier molecular flexibility index (Phi) is 3.19. The Labute approximate surface area is 113 Å². The highest BCUT2D eigenvalue weighted by Crippen LogP contribution is 2.28. The van der Waals surface area contributed by atoms with Crippen LogP contribution in [0, 0.1) is 0 Å². The number of carbonyl (C=O) groups is 1. The van der Waals surface area contributed by atoms with E-state index in [4.69, 9.17) is 0 Å². The minimum atomic E-state index is -0.687. The van der Waals surface area contributed by atoms with Gasteiger partial charge in [0.15, 0.2) is 0 Å². The molecule has 102 valence electrons. The van der Waals surface area contributed by atoms with Gasteiger partial charge in [0.25, 0.3) is 5.91 Å². The molecule has 1 aromatic carbocycles. The van der Waals surface area contributed by atoms with Crippen molar-refractivity contribution in [1.29, 1.82) is 0 Å². The molecule has 1 aromatic rings. The van der Waals surface area contributed by atoms with Gasteiger partial charge in [-0.3, -0.25) is 4.79 Å². The molecule has 2 aliphatic rings. The highest BCUT2D eigenvalue weighted by Gasteiger charge is 2.31. The average Bonchev–Trinajstić information content (AvgIpc) is 3.04. The minimum absolute atomic E-state index is 0.0879. The van der Waals surface area contributed by atoms with Gasteiger partial charge in [0.1, 0.15) is 0 Å². The van der Waals surface area contributed by atoms with E-state index in [1.807, 2.05) is 18.2 Å². The lowest BCUT2D eigenvalue weighted by molar-refractivity contribution is 0.0449. The summed E-state index contributed by atoms with van der Waals surface area (Å²) in [5.41, 5.74) is 2.33. The standard InChI is InChI=1S/C15H20N2O2/c18-14(17-10-15(19)6-1-2-7-15)12-3-4-13-11(9-12)5-8-16-13/h3-4,9,16,19H,1-2,5-8,10H2,(H,17,18). The fourth-order valence-electron chi connectivity index (χ4n) is 3.00. The van der Waals surface area contributed by atoms with Crippen LogP contribution in [0.15, 0.2) is 18.2 Å². The smallest absolute Gasteiger partial charge is 0.251 e. The molecule has 3 N–H and O–H groups in total. The molecule has 4 heteroatoms. The van der Waals surface area contributed by atoms with Crippen LogP contribution in [-0.2, 0) is 6.42 Å². The zero-order valence-corrected chi connectivity index (χ0v) is 11.0. The molecule has 1 aliphatic heterocycles. The van der Waals surface area contributed by atoms with E-state index >= 15 is 0 Å². The summed E-state index contributed by atoms with van der Waals surface area (Å²) in [5, 5.41) is 16.4. The van der Waals surface area contributed by atoms with E-state index < -0.39 is 5.60 Å². The van der Waals surface area contributed by atoms with Crippen LogP contribution in [0.25, 0.3) is 0 Å². The number of hydrogen-bond donors (Lipinski definition) is 3. The van der Waals surface area contributed by atoms with Crippen LogP contribution in [-0.4, -0.2) is 29.7 Å². The number of nitrogens with one attached hydrogen (secondary N) is 2. The summed E-state index contributed by atoms with van der Waals surface area (Å²) in [5.74, 6) is -0.0879. The summed E-state index contributed by atoms with van der Waals surface area (Å²) in [6.07, 6.45) is 4.66. The zero-order valence-electron chi connectivity index (χ0n) is 11.0. The van der Waals surface area contributed by atoms with Crippen molar-refractivity contribution < 1.29 is 9.90 Å². The number of anilines is 1. The molecule has 0 radical (unpaired) electrons. The number of hydrogen-bond acceptors (Lipinski definition) is 3. The van der Waals surface area contributed by atoms with E-state index in [2.05, 4.69) is 10.6 Å². The van der Waals surface area contributed by atoms with E-state index in [1.165, 1.54) is 5.56 Å². The quantitative estimate of drug-likeness (QED) is 0.775. The lowest BCUT2D eigenvalue weighted by Gasteiger charge is -2.22. The highest BCUT2D eigenvalue weighted by atomic mass is 16.3. The van der Waals surface area contributed by atoms with E-state index in [9.17, 15) is 9.90 Å². The van der Waals surface area contributed by atoms with Gasteiger partial charge in [-0.15, -0.1) is 0 Å². The molecular weight excluding hydrogens is 240 g/mol. The maximum absolute atomic E-state index is 12.1. The van der Waals surface area contributed by atoms with Gasteiger partial charge < -0.3 is 15.7 Å². The molecule has 1 saturated carbocycles. The highest BCUT2D eigenvalue weighted by molar-refractivity contribution is 5.95. The first-order valence-corrected chi connectivity index (χ1v) is 7.04. The van der Waals surface area contributed by atoms with Crippen LogP contribution in [0.1, 0.15) is 41.6 Å². The largest absolute Gasteiger partial charge is 0.388 e. The normalized spacial score (nSPS) is 19.8. The third kappa shape index (κ3) is 2.59. The van der Waals surface area contributed by atoms with Gasteiger partial charge in [-0.2, -0.15) is 0 Å².